The van der Waals surface area contributed by atoms with Crippen LogP contribution in [0.25, 0.3) is 0 Å². The maximum Gasteiger partial charge on any atom is 0.314 e. The van der Waals surface area contributed by atoms with Crippen LogP contribution >= 0.6 is 0 Å². The van der Waals surface area contributed by atoms with Crippen molar-refractivity contribution in [3.63, 3.8) is 0 Å². The van der Waals surface area contributed by atoms with Gasteiger partial charge in [-0.25, -0.2) is 5.01 Å². The van der Waals surface area contributed by atoms with Crippen molar-refractivity contribution < 1.29 is 9.59 Å². The molecular formula is C14H18N2O2. The molecular weight excluding hydrogens is 228 g/mol. The smallest absolute Gasteiger partial charge is 0.283 e. The van der Waals surface area contributed by atoms with Gasteiger partial charge < -0.3 is 0 Å². The Morgan fingerprint density at radius 2 is 1.72 bits per heavy atom. The van der Waals surface area contributed by atoms with E-state index in [1.165, 1.54) is 7.05 Å². The van der Waals surface area contributed by atoms with Gasteiger partial charge >= 0.3 is 5.91 Å². The van der Waals surface area contributed by atoms with Gasteiger partial charge in [0.2, 0.25) is 0 Å². The van der Waals surface area contributed by atoms with Gasteiger partial charge in [0.05, 0.1) is 0 Å². The third kappa shape index (κ3) is 2.64. The highest BCUT2D eigenvalue weighted by atomic mass is 16.2. The summed E-state index contributed by atoms with van der Waals surface area (Å²) in [6.45, 7) is 7.17. The fourth-order valence-corrected chi connectivity index (χ4v) is 1.85. The Labute approximate surface area is 107 Å². The van der Waals surface area contributed by atoms with Gasteiger partial charge in [-0.2, -0.15) is 5.10 Å². The minimum Gasteiger partial charge on any atom is -0.283 e. The van der Waals surface area contributed by atoms with Crippen LogP contribution < -0.4 is 0 Å². The normalized spacial score (nSPS) is 9.94. The maximum absolute atomic E-state index is 12.2. The van der Waals surface area contributed by atoms with E-state index in [-0.39, 0.29) is 0 Å². The molecule has 0 atom stereocenters. The highest BCUT2D eigenvalue weighted by Gasteiger charge is 2.24. The third-order valence-corrected chi connectivity index (χ3v) is 2.93. The van der Waals surface area contributed by atoms with Gasteiger partial charge in [-0.1, -0.05) is 32.0 Å². The molecule has 0 saturated heterocycles. The Kier molecular flexibility index (Phi) is 4.77. The Morgan fingerprint density at radius 3 is 2.11 bits per heavy atom. The number of nitrogens with zero attached hydrogens (tertiary/aromatic N) is 2. The molecule has 0 aromatic heterocycles. The summed E-state index contributed by atoms with van der Waals surface area (Å²) < 4.78 is 0. The van der Waals surface area contributed by atoms with Crippen molar-refractivity contribution in [1.29, 1.82) is 0 Å². The van der Waals surface area contributed by atoms with Gasteiger partial charge in [-0.05, 0) is 24.0 Å². The van der Waals surface area contributed by atoms with Crippen LogP contribution in [0.3, 0.4) is 0 Å². The number of ketones is 1. The van der Waals surface area contributed by atoms with Gasteiger partial charge in [0.25, 0.3) is 5.78 Å². The number of benzene rings is 1. The van der Waals surface area contributed by atoms with Crippen LogP contribution in [0, 0.1) is 0 Å². The fourth-order valence-electron chi connectivity index (χ4n) is 1.85. The Hall–Kier alpha value is -1.97. The van der Waals surface area contributed by atoms with Crippen molar-refractivity contribution >= 4 is 18.4 Å². The number of hydrazone groups is 1. The second-order valence-electron chi connectivity index (χ2n) is 3.96. The molecule has 0 bridgehead atoms. The van der Waals surface area contributed by atoms with Crippen LogP contribution in [0.15, 0.2) is 23.3 Å². The van der Waals surface area contributed by atoms with E-state index >= 15 is 0 Å². The van der Waals surface area contributed by atoms with Crippen LogP contribution in [0.5, 0.6) is 0 Å². The zero-order chi connectivity index (χ0) is 13.7. The lowest BCUT2D eigenvalue weighted by Crippen LogP contribution is -2.30. The topological polar surface area (TPSA) is 49.7 Å². The monoisotopic (exact) mass is 246 g/mol. The predicted octanol–water partition coefficient (Wildman–Crippen LogP) is 2.07. The van der Waals surface area contributed by atoms with Crippen LogP contribution in [-0.2, 0) is 17.6 Å². The molecule has 0 radical (unpaired) electrons. The van der Waals surface area contributed by atoms with Crippen molar-refractivity contribution in [2.45, 2.75) is 26.7 Å². The highest BCUT2D eigenvalue weighted by molar-refractivity contribution is 6.43. The molecule has 4 heteroatoms. The van der Waals surface area contributed by atoms with E-state index in [2.05, 4.69) is 11.8 Å². The van der Waals surface area contributed by atoms with Gasteiger partial charge in [0, 0.05) is 19.3 Å². The van der Waals surface area contributed by atoms with Crippen molar-refractivity contribution in [1.82, 2.24) is 5.01 Å². The molecule has 0 saturated carbocycles. The Bertz CT molecular complexity index is 458. The molecule has 0 fully saturated rings. The van der Waals surface area contributed by atoms with Gasteiger partial charge in [-0.3, -0.25) is 9.59 Å². The summed E-state index contributed by atoms with van der Waals surface area (Å²) in [6.07, 6.45) is 1.43. The molecule has 4 nitrogen and oxygen atoms in total. The Balaban J connectivity index is 3.26. The first kappa shape index (κ1) is 14.1. The number of likely N-dealkylation sites (N-methyl/N-ethyl adjacent to an activating group) is 1. The molecule has 1 aromatic rings. The average Bonchev–Trinajstić information content (AvgIpc) is 2.43. The maximum atomic E-state index is 12.2. The predicted molar refractivity (Wildman–Crippen MR) is 71.8 cm³/mol. The number of aryl methyl sites for hydroxylation is 2. The number of hydrogen-bond donors (Lipinski definition) is 0. The number of carbonyl (C=O) groups excluding carboxylic acids is 2. The molecule has 0 unspecified atom stereocenters. The van der Waals surface area contributed by atoms with Crippen LogP contribution in [0.2, 0.25) is 0 Å². The molecule has 0 aliphatic carbocycles. The first-order valence-corrected chi connectivity index (χ1v) is 5.96. The van der Waals surface area contributed by atoms with Gasteiger partial charge in [0.15, 0.2) is 0 Å². The number of amides is 1. The molecule has 1 aromatic carbocycles. The fraction of sp³-hybridized carbons (Fsp3) is 0.357. The lowest BCUT2D eigenvalue weighted by atomic mass is 9.94. The van der Waals surface area contributed by atoms with E-state index in [0.717, 1.165) is 16.1 Å². The standard InChI is InChI=1S/C14H18N2O2/c1-5-10-8-7-9-11(6-2)12(10)13(17)14(18)16(4)15-3/h7-9H,3,5-6H2,1-2,4H3. The molecule has 0 spiro atoms. The summed E-state index contributed by atoms with van der Waals surface area (Å²) in [5, 5.41) is 4.43. The molecule has 0 aliphatic heterocycles. The summed E-state index contributed by atoms with van der Waals surface area (Å²) in [6, 6.07) is 5.66. The minimum atomic E-state index is -0.652. The molecule has 0 heterocycles. The van der Waals surface area contributed by atoms with Crippen molar-refractivity contribution in [2.24, 2.45) is 5.10 Å². The first-order chi connectivity index (χ1) is 8.56. The minimum absolute atomic E-state index is 0.515. The van der Waals surface area contributed by atoms with Gasteiger partial charge in [-0.15, -0.1) is 0 Å². The molecule has 96 valence electrons. The zero-order valence-corrected chi connectivity index (χ0v) is 11.1. The quantitative estimate of drug-likeness (QED) is 0.345. The summed E-state index contributed by atoms with van der Waals surface area (Å²) in [4.78, 5) is 24.1. The van der Waals surface area contributed by atoms with Crippen LogP contribution in [0.1, 0.15) is 35.3 Å². The molecule has 18 heavy (non-hydrogen) atoms. The summed E-state index contributed by atoms with van der Waals surface area (Å²) in [5.41, 5.74) is 2.30. The SMILES string of the molecule is C=NN(C)C(=O)C(=O)c1c(CC)cccc1CC. The van der Waals surface area contributed by atoms with E-state index in [1.54, 1.807) is 0 Å². The van der Waals surface area contributed by atoms with E-state index in [9.17, 15) is 9.59 Å². The van der Waals surface area contributed by atoms with Crippen LogP contribution in [0.4, 0.5) is 0 Å². The number of Topliss-reactive ketones (excluding diaryl/α,β-unsaturated/α-hetero) is 1. The average molecular weight is 246 g/mol. The number of hydrogen-bond acceptors (Lipinski definition) is 3. The van der Waals surface area contributed by atoms with E-state index in [4.69, 9.17) is 0 Å². The Morgan fingerprint density at radius 1 is 1.22 bits per heavy atom. The van der Waals surface area contributed by atoms with Crippen molar-refractivity contribution in [3.8, 4) is 0 Å². The lowest BCUT2D eigenvalue weighted by Gasteiger charge is -2.14. The van der Waals surface area contributed by atoms with Crippen molar-refractivity contribution in [2.75, 3.05) is 7.05 Å². The second kappa shape index (κ2) is 6.10. The van der Waals surface area contributed by atoms with E-state index in [0.29, 0.717) is 18.4 Å². The first-order valence-electron chi connectivity index (χ1n) is 5.96. The van der Waals surface area contributed by atoms with Crippen molar-refractivity contribution in [3.05, 3.63) is 34.9 Å². The molecule has 0 aliphatic rings. The molecule has 0 N–H and O–H groups in total. The van der Waals surface area contributed by atoms with Crippen LogP contribution in [-0.4, -0.2) is 30.5 Å². The molecule has 1 amide bonds. The zero-order valence-electron chi connectivity index (χ0n) is 11.1. The summed E-state index contributed by atoms with van der Waals surface area (Å²) >= 11 is 0. The number of rotatable bonds is 5. The molecule has 1 rings (SSSR count). The number of carbonyl (C=O) groups is 2. The third-order valence-electron chi connectivity index (χ3n) is 2.93. The van der Waals surface area contributed by atoms with E-state index < -0.39 is 11.7 Å². The van der Waals surface area contributed by atoms with Gasteiger partial charge in [0.1, 0.15) is 0 Å². The second-order valence-corrected chi connectivity index (χ2v) is 3.96. The summed E-state index contributed by atoms with van der Waals surface area (Å²) in [5.74, 6) is -1.17. The summed E-state index contributed by atoms with van der Waals surface area (Å²) in [7, 11) is 1.42. The van der Waals surface area contributed by atoms with E-state index in [1.807, 2.05) is 32.0 Å². The highest BCUT2D eigenvalue weighted by Crippen LogP contribution is 2.18. The lowest BCUT2D eigenvalue weighted by molar-refractivity contribution is -0.125. The largest absolute Gasteiger partial charge is 0.314 e.